The smallest absolute Gasteiger partial charge is 0.256 e. The van der Waals surface area contributed by atoms with Gasteiger partial charge in [0.25, 0.3) is 5.91 Å². The molecule has 8 heteroatoms. The standard InChI is InChI=1S/C15H20FN3O3S/c1-23(21,22)18-14-5-2-10(16)8-13(14)15(20)19-7-6-11-3-4-12(9-19)17-11/h2,5,8,11-12,17-18H,3-4,6-7,9H2,1H3. The first-order chi connectivity index (χ1) is 10.8. The normalized spacial score (nSPS) is 24.3. The highest BCUT2D eigenvalue weighted by Gasteiger charge is 2.32. The molecule has 2 aliphatic heterocycles. The van der Waals surface area contributed by atoms with Gasteiger partial charge in [0.15, 0.2) is 0 Å². The van der Waals surface area contributed by atoms with E-state index in [0.717, 1.165) is 37.7 Å². The SMILES string of the molecule is CS(=O)(=O)Nc1ccc(F)cc1C(=O)N1CCC2CCC(C1)N2. The highest BCUT2D eigenvalue weighted by molar-refractivity contribution is 7.92. The van der Waals surface area contributed by atoms with Crippen LogP contribution in [0.3, 0.4) is 0 Å². The Hall–Kier alpha value is -1.67. The minimum atomic E-state index is -3.55. The second kappa shape index (κ2) is 6.09. The van der Waals surface area contributed by atoms with Crippen LogP contribution in [-0.4, -0.2) is 50.7 Å². The number of nitrogens with one attached hydrogen (secondary N) is 2. The largest absolute Gasteiger partial charge is 0.337 e. The Balaban J connectivity index is 1.87. The zero-order chi connectivity index (χ0) is 16.6. The molecule has 0 radical (unpaired) electrons. The minimum Gasteiger partial charge on any atom is -0.337 e. The number of carbonyl (C=O) groups is 1. The number of hydrogen-bond donors (Lipinski definition) is 2. The van der Waals surface area contributed by atoms with Gasteiger partial charge in [0, 0.05) is 25.2 Å². The van der Waals surface area contributed by atoms with Crippen LogP contribution in [0.15, 0.2) is 18.2 Å². The topological polar surface area (TPSA) is 78.5 Å². The maximum absolute atomic E-state index is 13.6. The van der Waals surface area contributed by atoms with Gasteiger partial charge in [0.1, 0.15) is 5.82 Å². The molecule has 2 saturated heterocycles. The highest BCUT2D eigenvalue weighted by Crippen LogP contribution is 2.24. The van der Waals surface area contributed by atoms with E-state index in [4.69, 9.17) is 0 Å². The third-order valence-electron chi connectivity index (χ3n) is 4.32. The summed E-state index contributed by atoms with van der Waals surface area (Å²) in [4.78, 5) is 14.5. The van der Waals surface area contributed by atoms with Crippen LogP contribution in [0.1, 0.15) is 29.6 Å². The van der Waals surface area contributed by atoms with E-state index in [9.17, 15) is 17.6 Å². The quantitative estimate of drug-likeness (QED) is 0.865. The summed E-state index contributed by atoms with van der Waals surface area (Å²) < 4.78 is 38.8. The first-order valence-electron chi connectivity index (χ1n) is 7.64. The Labute approximate surface area is 135 Å². The number of amides is 1. The Morgan fingerprint density at radius 2 is 2.04 bits per heavy atom. The van der Waals surface area contributed by atoms with Crippen LogP contribution in [0.4, 0.5) is 10.1 Å². The number of nitrogens with zero attached hydrogens (tertiary/aromatic N) is 1. The Morgan fingerprint density at radius 1 is 1.30 bits per heavy atom. The predicted octanol–water partition coefficient (Wildman–Crippen LogP) is 1.16. The molecule has 2 aliphatic rings. The van der Waals surface area contributed by atoms with Gasteiger partial charge in [0.2, 0.25) is 10.0 Å². The molecule has 0 aromatic heterocycles. The molecule has 2 atom stereocenters. The van der Waals surface area contributed by atoms with Gasteiger partial charge in [-0.25, -0.2) is 12.8 Å². The number of fused-ring (bicyclic) bond motifs is 2. The molecule has 3 rings (SSSR count). The van der Waals surface area contributed by atoms with Crippen molar-refractivity contribution in [3.05, 3.63) is 29.6 Å². The van der Waals surface area contributed by atoms with Crippen LogP contribution in [0.5, 0.6) is 0 Å². The molecule has 2 bridgehead atoms. The number of sulfonamides is 1. The number of rotatable bonds is 3. The Kier molecular flexibility index (Phi) is 4.29. The van der Waals surface area contributed by atoms with Crippen LogP contribution in [0.2, 0.25) is 0 Å². The fourth-order valence-corrected chi connectivity index (χ4v) is 3.86. The number of likely N-dealkylation sites (tertiary alicyclic amines) is 1. The van der Waals surface area contributed by atoms with Crippen molar-refractivity contribution < 1.29 is 17.6 Å². The van der Waals surface area contributed by atoms with Crippen molar-refractivity contribution >= 4 is 21.6 Å². The summed E-state index contributed by atoms with van der Waals surface area (Å²) in [6.07, 6.45) is 3.99. The fraction of sp³-hybridized carbons (Fsp3) is 0.533. The summed E-state index contributed by atoms with van der Waals surface area (Å²) in [6, 6.07) is 4.19. The molecule has 6 nitrogen and oxygen atoms in total. The molecule has 0 aliphatic carbocycles. The van der Waals surface area contributed by atoms with Gasteiger partial charge in [0.05, 0.1) is 17.5 Å². The van der Waals surface area contributed by atoms with E-state index >= 15 is 0 Å². The van der Waals surface area contributed by atoms with E-state index in [1.807, 2.05) is 0 Å². The molecule has 0 saturated carbocycles. The van der Waals surface area contributed by atoms with Crippen molar-refractivity contribution in [2.75, 3.05) is 24.1 Å². The first kappa shape index (κ1) is 16.2. The third kappa shape index (κ3) is 3.81. The zero-order valence-corrected chi connectivity index (χ0v) is 13.7. The number of hydrogen-bond acceptors (Lipinski definition) is 4. The summed E-state index contributed by atoms with van der Waals surface area (Å²) in [5.74, 6) is -0.910. The van der Waals surface area contributed by atoms with Crippen molar-refractivity contribution in [1.82, 2.24) is 10.2 Å². The summed E-state index contributed by atoms with van der Waals surface area (Å²) in [5, 5.41) is 3.47. The molecule has 1 aromatic carbocycles. The molecule has 2 heterocycles. The molecule has 126 valence electrons. The summed E-state index contributed by atoms with van der Waals surface area (Å²) in [7, 11) is -3.55. The molecule has 1 aromatic rings. The maximum Gasteiger partial charge on any atom is 0.256 e. The van der Waals surface area contributed by atoms with Crippen molar-refractivity contribution in [2.24, 2.45) is 0 Å². The second-order valence-electron chi connectivity index (χ2n) is 6.24. The van der Waals surface area contributed by atoms with Gasteiger partial charge in [-0.2, -0.15) is 0 Å². The van der Waals surface area contributed by atoms with E-state index in [2.05, 4.69) is 10.0 Å². The molecule has 2 fully saturated rings. The molecular formula is C15H20FN3O3S. The van der Waals surface area contributed by atoms with Crippen molar-refractivity contribution in [1.29, 1.82) is 0 Å². The highest BCUT2D eigenvalue weighted by atomic mass is 32.2. The van der Waals surface area contributed by atoms with Gasteiger partial charge in [-0.3, -0.25) is 9.52 Å². The van der Waals surface area contributed by atoms with Gasteiger partial charge >= 0.3 is 0 Å². The van der Waals surface area contributed by atoms with Gasteiger partial charge < -0.3 is 10.2 Å². The Bertz CT molecular complexity index is 723. The average Bonchev–Trinajstić information content (AvgIpc) is 2.78. The lowest BCUT2D eigenvalue weighted by Gasteiger charge is -2.25. The van der Waals surface area contributed by atoms with E-state index in [-0.39, 0.29) is 23.2 Å². The van der Waals surface area contributed by atoms with Gasteiger partial charge in [-0.15, -0.1) is 0 Å². The summed E-state index contributed by atoms with van der Waals surface area (Å²) in [6.45, 7) is 1.14. The van der Waals surface area contributed by atoms with Crippen LogP contribution in [-0.2, 0) is 10.0 Å². The van der Waals surface area contributed by atoms with Crippen LogP contribution in [0, 0.1) is 5.82 Å². The molecule has 1 amide bonds. The number of anilines is 1. The van der Waals surface area contributed by atoms with Crippen LogP contribution < -0.4 is 10.0 Å². The number of halogens is 1. The fourth-order valence-electron chi connectivity index (χ4n) is 3.28. The Morgan fingerprint density at radius 3 is 2.78 bits per heavy atom. The minimum absolute atomic E-state index is 0.0493. The summed E-state index contributed by atoms with van der Waals surface area (Å²) in [5.41, 5.74) is 0.162. The first-order valence-corrected chi connectivity index (χ1v) is 9.53. The van der Waals surface area contributed by atoms with Gasteiger partial charge in [-0.1, -0.05) is 0 Å². The third-order valence-corrected chi connectivity index (χ3v) is 4.91. The molecule has 0 spiro atoms. The van der Waals surface area contributed by atoms with E-state index in [1.54, 1.807) is 4.90 Å². The maximum atomic E-state index is 13.6. The van der Waals surface area contributed by atoms with Crippen LogP contribution in [0.25, 0.3) is 0 Å². The van der Waals surface area contributed by atoms with E-state index in [1.165, 1.54) is 6.07 Å². The molecule has 2 N–H and O–H groups in total. The van der Waals surface area contributed by atoms with Crippen molar-refractivity contribution in [3.63, 3.8) is 0 Å². The van der Waals surface area contributed by atoms with E-state index < -0.39 is 15.8 Å². The van der Waals surface area contributed by atoms with Crippen molar-refractivity contribution in [2.45, 2.75) is 31.3 Å². The molecule has 23 heavy (non-hydrogen) atoms. The van der Waals surface area contributed by atoms with Crippen molar-refractivity contribution in [3.8, 4) is 0 Å². The second-order valence-corrected chi connectivity index (χ2v) is 7.99. The molecular weight excluding hydrogens is 321 g/mol. The monoisotopic (exact) mass is 341 g/mol. The lowest BCUT2D eigenvalue weighted by atomic mass is 10.1. The lowest BCUT2D eigenvalue weighted by Crippen LogP contribution is -2.39. The molecule has 2 unspecified atom stereocenters. The van der Waals surface area contributed by atoms with E-state index in [0.29, 0.717) is 19.1 Å². The summed E-state index contributed by atoms with van der Waals surface area (Å²) >= 11 is 0. The predicted molar refractivity (Wildman–Crippen MR) is 85.3 cm³/mol. The average molecular weight is 341 g/mol. The van der Waals surface area contributed by atoms with Gasteiger partial charge in [-0.05, 0) is 37.5 Å². The van der Waals surface area contributed by atoms with Crippen LogP contribution >= 0.6 is 0 Å². The number of carbonyl (C=O) groups excluding carboxylic acids is 1. The number of benzene rings is 1. The lowest BCUT2D eigenvalue weighted by molar-refractivity contribution is 0.0748. The zero-order valence-electron chi connectivity index (χ0n) is 12.9.